The third-order valence-electron chi connectivity index (χ3n) is 1.12. The number of rotatable bonds is 0. The van der Waals surface area contributed by atoms with Crippen molar-refractivity contribution in [1.29, 1.82) is 31.6 Å². The van der Waals surface area contributed by atoms with E-state index in [2.05, 4.69) is 0 Å². The molecule has 0 fully saturated rings. The number of nitriles is 6. The molecule has 0 spiro atoms. The second kappa shape index (κ2) is 3.75. The molecular weight excluding hydrogens is 298 g/mol. The van der Waals surface area contributed by atoms with Gasteiger partial charge in [0.15, 0.2) is 0 Å². The van der Waals surface area contributed by atoms with E-state index in [1.165, 1.54) is 0 Å². The van der Waals surface area contributed by atoms with E-state index < -0.39 is 12.4 Å². The van der Waals surface area contributed by atoms with E-state index in [1.54, 1.807) is 0 Å². The van der Waals surface area contributed by atoms with Crippen LogP contribution in [0.15, 0.2) is 0 Å². The van der Waals surface area contributed by atoms with Crippen molar-refractivity contribution >= 4 is 51.4 Å². The van der Waals surface area contributed by atoms with Crippen LogP contribution in [-0.4, -0.2) is 51.4 Å². The summed E-state index contributed by atoms with van der Waals surface area (Å²) in [5.41, 5.74) is 0. The number of hydrogen-bond acceptors (Lipinski definition) is 6. The maximum absolute atomic E-state index is 8.59. The fourth-order valence-electron chi connectivity index (χ4n) is 0.250. The Kier molecular flexibility index (Phi) is 4.20. The molecule has 0 heterocycles. The summed E-state index contributed by atoms with van der Waals surface area (Å²) in [7, 11) is 0. The first-order valence-electron chi connectivity index (χ1n) is 2.34. The molecule has 0 unspecified atom stereocenters. The van der Waals surface area contributed by atoms with Gasteiger partial charge < -0.3 is 0 Å². The Morgan fingerprint density at radius 1 is 0.500 bits per heavy atom. The molecule has 0 N–H and O–H groups in total. The molecule has 0 atom stereocenters. The molecule has 0 aliphatic carbocycles. The fraction of sp³-hybridized carbons (Fsp3) is 0. The SMILES string of the molecule is N#[C][Rh]([C]#N)([C]#N)([C]#N)([C]#N)[C]#N.[KH]. The van der Waals surface area contributed by atoms with Gasteiger partial charge in [-0.15, -0.1) is 0 Å². The Bertz CT molecular complexity index is 392. The minimum atomic E-state index is -6.46. The monoisotopic (exact) mass is 299 g/mol. The average molecular weight is 299 g/mol. The summed E-state index contributed by atoms with van der Waals surface area (Å²) in [6.07, 6.45) is 0. The Hall–Kier alpha value is -0.800. The Balaban J connectivity index is 0. The van der Waals surface area contributed by atoms with Crippen LogP contribution in [0, 0.1) is 59.6 Å². The molecule has 0 radical (unpaired) electrons. The first-order chi connectivity index (χ1) is 5.97. The maximum atomic E-state index is 8.59. The standard InChI is InChI=1S/6CN.K.Rh.H/c6*1-2;;;. The van der Waals surface area contributed by atoms with Crippen molar-refractivity contribution in [2.45, 2.75) is 0 Å². The predicted octanol–water partition coefficient (Wildman–Crippen LogP) is -0.550. The zero-order valence-corrected chi connectivity index (χ0v) is 7.66. The fourth-order valence-corrected chi connectivity index (χ4v) is 1.48. The molecule has 0 saturated heterocycles. The van der Waals surface area contributed by atoms with Crippen LogP contribution in [0.25, 0.3) is 0 Å². The van der Waals surface area contributed by atoms with E-state index in [1.807, 2.05) is 0 Å². The van der Waals surface area contributed by atoms with Crippen molar-refractivity contribution in [3.63, 3.8) is 0 Å². The number of nitrogens with zero attached hydrogens (tertiary/aromatic N) is 6. The summed E-state index contributed by atoms with van der Waals surface area (Å²) in [6, 6.07) is 0. The molecule has 14 heavy (non-hydrogen) atoms. The van der Waals surface area contributed by atoms with Crippen LogP contribution in [0.3, 0.4) is 0 Å². The van der Waals surface area contributed by atoms with Gasteiger partial charge in [0.2, 0.25) is 0 Å². The molecular formula is C6HKN6Rh. The summed E-state index contributed by atoms with van der Waals surface area (Å²) < 4.78 is 6.33. The van der Waals surface area contributed by atoms with Crippen LogP contribution in [0.4, 0.5) is 0 Å². The van der Waals surface area contributed by atoms with E-state index in [0.29, 0.717) is 0 Å². The van der Waals surface area contributed by atoms with E-state index in [4.69, 9.17) is 31.6 Å². The van der Waals surface area contributed by atoms with E-state index in [9.17, 15) is 0 Å². The Morgan fingerprint density at radius 2 is 0.643 bits per heavy atom. The van der Waals surface area contributed by atoms with Crippen LogP contribution in [0.5, 0.6) is 0 Å². The van der Waals surface area contributed by atoms with E-state index >= 15 is 0 Å². The molecule has 0 saturated carbocycles. The Labute approximate surface area is 121 Å². The van der Waals surface area contributed by atoms with Gasteiger partial charge in [0.1, 0.15) is 0 Å². The van der Waals surface area contributed by atoms with Crippen molar-refractivity contribution in [2.75, 3.05) is 0 Å². The van der Waals surface area contributed by atoms with Crippen molar-refractivity contribution in [3.05, 3.63) is 0 Å². The summed E-state index contributed by atoms with van der Waals surface area (Å²) >= 11 is -6.46. The van der Waals surface area contributed by atoms with Gasteiger partial charge in [0.25, 0.3) is 0 Å². The van der Waals surface area contributed by atoms with Gasteiger partial charge in [-0.25, -0.2) is 0 Å². The summed E-state index contributed by atoms with van der Waals surface area (Å²) in [5.74, 6) is 0. The molecule has 0 aromatic carbocycles. The molecule has 0 aliphatic rings. The predicted molar refractivity (Wildman–Crippen MR) is 40.8 cm³/mol. The topological polar surface area (TPSA) is 143 Å². The van der Waals surface area contributed by atoms with E-state index in [-0.39, 0.29) is 51.4 Å². The molecule has 0 aliphatic heterocycles. The van der Waals surface area contributed by atoms with Crippen LogP contribution in [0.2, 0.25) is 0 Å². The zero-order chi connectivity index (χ0) is 10.7. The van der Waals surface area contributed by atoms with Crippen LogP contribution in [0.1, 0.15) is 0 Å². The van der Waals surface area contributed by atoms with Gasteiger partial charge in [-0.05, 0) is 0 Å². The first-order valence-corrected chi connectivity index (χ1v) is 7.26. The van der Waals surface area contributed by atoms with Crippen LogP contribution >= 0.6 is 0 Å². The first kappa shape index (κ1) is 15.7. The third kappa shape index (κ3) is 1.37. The summed E-state index contributed by atoms with van der Waals surface area (Å²) in [6.45, 7) is 0. The summed E-state index contributed by atoms with van der Waals surface area (Å²) in [5, 5.41) is 51.5. The van der Waals surface area contributed by atoms with Crippen LogP contribution < -0.4 is 0 Å². The second-order valence-electron chi connectivity index (χ2n) is 1.70. The molecule has 6 nitrogen and oxygen atoms in total. The second-order valence-corrected chi connectivity index (χ2v) is 10.0. The Morgan fingerprint density at radius 3 is 0.643 bits per heavy atom. The van der Waals surface area contributed by atoms with Gasteiger partial charge in [-0.2, -0.15) is 0 Å². The molecule has 0 amide bonds. The van der Waals surface area contributed by atoms with Crippen LogP contribution in [-0.2, 0) is 12.4 Å². The normalized spacial score (nSPS) is 12.4. The van der Waals surface area contributed by atoms with Crippen molar-refractivity contribution < 1.29 is 12.4 Å². The van der Waals surface area contributed by atoms with E-state index in [0.717, 1.165) is 28.0 Å². The van der Waals surface area contributed by atoms with Crippen molar-refractivity contribution in [1.82, 2.24) is 0 Å². The number of hydrogen-bond donors (Lipinski definition) is 0. The quantitative estimate of drug-likeness (QED) is 0.549. The van der Waals surface area contributed by atoms with Gasteiger partial charge in [-0.1, -0.05) is 0 Å². The third-order valence-corrected chi connectivity index (χ3v) is 6.61. The average Bonchev–Trinajstić information content (AvgIpc) is 2.26. The molecule has 0 aromatic heterocycles. The summed E-state index contributed by atoms with van der Waals surface area (Å²) in [4.78, 5) is 0. The molecule has 0 bridgehead atoms. The molecule has 0 rings (SSSR count). The van der Waals surface area contributed by atoms with Gasteiger partial charge in [0, 0.05) is 0 Å². The van der Waals surface area contributed by atoms with Gasteiger partial charge in [0.05, 0.1) is 0 Å². The van der Waals surface area contributed by atoms with Crippen molar-refractivity contribution in [2.24, 2.45) is 0 Å². The molecule has 0 aromatic rings. The minimum absolute atomic E-state index is 0. The zero-order valence-electron chi connectivity index (χ0n) is 6.02. The van der Waals surface area contributed by atoms with Crippen molar-refractivity contribution in [3.8, 4) is 28.0 Å². The molecule has 65 valence electrons. The van der Waals surface area contributed by atoms with Gasteiger partial charge in [-0.3, -0.25) is 0 Å². The molecule has 8 heteroatoms. The van der Waals surface area contributed by atoms with Gasteiger partial charge >= 0.3 is 123 Å².